The van der Waals surface area contributed by atoms with Crippen LogP contribution < -0.4 is 10.8 Å². The third-order valence-electron chi connectivity index (χ3n) is 3.16. The molecule has 0 aromatic heterocycles. The quantitative estimate of drug-likeness (QED) is 0.335. The van der Waals surface area contributed by atoms with E-state index in [1.54, 1.807) is 13.0 Å². The second-order valence-electron chi connectivity index (χ2n) is 4.86. The second-order valence-corrected chi connectivity index (χ2v) is 6.96. The number of amides is 1. The highest BCUT2D eigenvalue weighted by Gasteiger charge is 2.22. The average molecular weight is 511 g/mol. The lowest BCUT2D eigenvalue weighted by molar-refractivity contribution is 0.0365. The first-order valence-electron chi connectivity index (χ1n) is 6.98. The van der Waals surface area contributed by atoms with Crippen LogP contribution in [0.5, 0.6) is 0 Å². The molecule has 0 heterocycles. The van der Waals surface area contributed by atoms with Crippen molar-refractivity contribution < 1.29 is 18.4 Å². The van der Waals surface area contributed by atoms with Gasteiger partial charge >= 0.3 is 0 Å². The van der Waals surface area contributed by atoms with Crippen LogP contribution in [0, 0.1) is 22.1 Å². The number of carbonyl (C=O) groups excluding carboxylic acids is 1. The van der Waals surface area contributed by atoms with Gasteiger partial charge < -0.3 is 5.32 Å². The topological polar surface area (TPSA) is 50.4 Å². The Hall–Kier alpha value is -1.26. The van der Waals surface area contributed by atoms with E-state index in [-0.39, 0.29) is 22.3 Å². The first-order valence-corrected chi connectivity index (χ1v) is 8.85. The van der Waals surface area contributed by atoms with Gasteiger partial charge in [-0.15, -0.1) is 0 Å². The molecule has 8 heteroatoms. The van der Waals surface area contributed by atoms with Crippen molar-refractivity contribution >= 4 is 55.8 Å². The van der Waals surface area contributed by atoms with Crippen LogP contribution in [-0.2, 0) is 4.84 Å². The Morgan fingerprint density at radius 1 is 1.29 bits per heavy atom. The summed E-state index contributed by atoms with van der Waals surface area (Å²) in [7, 11) is 0. The van der Waals surface area contributed by atoms with E-state index in [1.165, 1.54) is 6.07 Å². The summed E-state index contributed by atoms with van der Waals surface area (Å²) < 4.78 is 29.2. The molecule has 24 heavy (non-hydrogen) atoms. The van der Waals surface area contributed by atoms with Gasteiger partial charge in [-0.1, -0.05) is 0 Å². The zero-order valence-corrected chi connectivity index (χ0v) is 16.6. The van der Waals surface area contributed by atoms with Crippen LogP contribution in [0.4, 0.5) is 20.2 Å². The standard InChI is InChI=1S/C16H14BrF2IN2O2/c1-3-24-22-16(23)10-7-11(17)13(18)14(19)15(10)21-12-5-4-9(20)6-8(12)2/h4-7,21H,3H2,1-2H3,(H,22,23). The number of aryl methyl sites for hydroxylation is 1. The SMILES string of the molecule is CCONC(=O)c1cc(Br)c(F)c(F)c1Nc1ccc(I)cc1C. The largest absolute Gasteiger partial charge is 0.352 e. The van der Waals surface area contributed by atoms with Crippen molar-refractivity contribution in [3.63, 3.8) is 0 Å². The molecule has 0 aliphatic rings. The minimum Gasteiger partial charge on any atom is -0.352 e. The smallest absolute Gasteiger partial charge is 0.277 e. The van der Waals surface area contributed by atoms with Crippen molar-refractivity contribution in [3.05, 3.63) is 55.1 Å². The summed E-state index contributed by atoms with van der Waals surface area (Å²) in [5.74, 6) is -2.90. The molecule has 0 aliphatic heterocycles. The molecule has 2 aromatic rings. The van der Waals surface area contributed by atoms with Gasteiger partial charge in [-0.2, -0.15) is 0 Å². The number of anilines is 2. The fourth-order valence-corrected chi connectivity index (χ4v) is 3.04. The number of halogens is 4. The maximum Gasteiger partial charge on any atom is 0.277 e. The Morgan fingerprint density at radius 3 is 2.62 bits per heavy atom. The van der Waals surface area contributed by atoms with Gasteiger partial charge in [0.1, 0.15) is 0 Å². The molecule has 0 bridgehead atoms. The first-order chi connectivity index (χ1) is 11.3. The zero-order chi connectivity index (χ0) is 17.9. The summed E-state index contributed by atoms with van der Waals surface area (Å²) in [6.07, 6.45) is 0. The van der Waals surface area contributed by atoms with Gasteiger partial charge in [0.25, 0.3) is 5.91 Å². The number of nitrogens with one attached hydrogen (secondary N) is 2. The van der Waals surface area contributed by atoms with Crippen LogP contribution in [0.25, 0.3) is 0 Å². The van der Waals surface area contributed by atoms with Crippen LogP contribution in [0.2, 0.25) is 0 Å². The van der Waals surface area contributed by atoms with Crippen molar-refractivity contribution in [2.24, 2.45) is 0 Å². The minimum atomic E-state index is -1.15. The summed E-state index contributed by atoms with van der Waals surface area (Å²) in [5, 5.41) is 2.81. The van der Waals surface area contributed by atoms with E-state index in [1.807, 2.05) is 19.1 Å². The first kappa shape index (κ1) is 19.1. The maximum absolute atomic E-state index is 14.4. The summed E-state index contributed by atoms with van der Waals surface area (Å²) in [6.45, 7) is 3.77. The number of rotatable bonds is 5. The molecular formula is C16H14BrF2IN2O2. The molecular weight excluding hydrogens is 497 g/mol. The summed E-state index contributed by atoms with van der Waals surface area (Å²) in [5.41, 5.74) is 3.26. The zero-order valence-electron chi connectivity index (χ0n) is 12.8. The number of carbonyl (C=O) groups is 1. The molecule has 2 aromatic carbocycles. The molecule has 2 rings (SSSR count). The lowest BCUT2D eigenvalue weighted by Crippen LogP contribution is -2.25. The predicted octanol–water partition coefficient (Wildman–Crippen LogP) is 5.07. The lowest BCUT2D eigenvalue weighted by atomic mass is 10.1. The van der Waals surface area contributed by atoms with Crippen LogP contribution in [0.3, 0.4) is 0 Å². The fraction of sp³-hybridized carbons (Fsp3) is 0.188. The molecule has 0 atom stereocenters. The van der Waals surface area contributed by atoms with E-state index >= 15 is 0 Å². The Morgan fingerprint density at radius 2 is 2.00 bits per heavy atom. The van der Waals surface area contributed by atoms with E-state index < -0.39 is 17.5 Å². The Kier molecular flexibility index (Phi) is 6.53. The van der Waals surface area contributed by atoms with Gasteiger partial charge in [0, 0.05) is 9.26 Å². The van der Waals surface area contributed by atoms with Crippen LogP contribution in [-0.4, -0.2) is 12.5 Å². The second kappa shape index (κ2) is 8.21. The van der Waals surface area contributed by atoms with Crippen LogP contribution in [0.1, 0.15) is 22.8 Å². The Bertz CT molecular complexity index is 787. The predicted molar refractivity (Wildman–Crippen MR) is 100 cm³/mol. The van der Waals surface area contributed by atoms with Crippen molar-refractivity contribution in [1.29, 1.82) is 0 Å². The molecule has 0 spiro atoms. The van der Waals surface area contributed by atoms with E-state index in [9.17, 15) is 13.6 Å². The van der Waals surface area contributed by atoms with E-state index in [0.717, 1.165) is 9.13 Å². The van der Waals surface area contributed by atoms with Crippen LogP contribution in [0.15, 0.2) is 28.7 Å². The Balaban J connectivity index is 2.50. The average Bonchev–Trinajstić information content (AvgIpc) is 2.54. The summed E-state index contributed by atoms with van der Waals surface area (Å²) >= 11 is 5.07. The molecule has 2 N–H and O–H groups in total. The third-order valence-corrected chi connectivity index (χ3v) is 4.41. The van der Waals surface area contributed by atoms with Gasteiger partial charge in [-0.3, -0.25) is 9.63 Å². The maximum atomic E-state index is 14.4. The van der Waals surface area contributed by atoms with Gasteiger partial charge in [-0.25, -0.2) is 14.3 Å². The molecule has 1 amide bonds. The Labute approximate surface area is 160 Å². The highest BCUT2D eigenvalue weighted by atomic mass is 127. The summed E-state index contributed by atoms with van der Waals surface area (Å²) in [4.78, 5) is 17.0. The van der Waals surface area contributed by atoms with Crippen molar-refractivity contribution in [2.45, 2.75) is 13.8 Å². The molecule has 0 aliphatic carbocycles. The minimum absolute atomic E-state index is 0.0767. The van der Waals surface area contributed by atoms with E-state index in [2.05, 4.69) is 49.3 Å². The molecule has 128 valence electrons. The number of hydrogen-bond donors (Lipinski definition) is 2. The highest BCUT2D eigenvalue weighted by Crippen LogP contribution is 2.32. The van der Waals surface area contributed by atoms with Gasteiger partial charge in [0.15, 0.2) is 11.6 Å². The van der Waals surface area contributed by atoms with Gasteiger partial charge in [0.2, 0.25) is 0 Å². The fourth-order valence-electron chi connectivity index (χ4n) is 1.99. The van der Waals surface area contributed by atoms with Crippen molar-refractivity contribution in [3.8, 4) is 0 Å². The molecule has 0 saturated heterocycles. The molecule has 0 unspecified atom stereocenters. The number of benzene rings is 2. The van der Waals surface area contributed by atoms with Crippen molar-refractivity contribution in [1.82, 2.24) is 5.48 Å². The number of hydroxylamine groups is 1. The van der Waals surface area contributed by atoms with Gasteiger partial charge in [0.05, 0.1) is 22.3 Å². The molecule has 0 fully saturated rings. The summed E-state index contributed by atoms with van der Waals surface area (Å²) in [6, 6.07) is 6.65. The molecule has 4 nitrogen and oxygen atoms in total. The monoisotopic (exact) mass is 510 g/mol. The highest BCUT2D eigenvalue weighted by molar-refractivity contribution is 14.1. The molecule has 0 saturated carbocycles. The van der Waals surface area contributed by atoms with Crippen LogP contribution >= 0.6 is 38.5 Å². The van der Waals surface area contributed by atoms with E-state index in [4.69, 9.17) is 4.84 Å². The third kappa shape index (κ3) is 4.22. The van der Waals surface area contributed by atoms with E-state index in [0.29, 0.717) is 5.69 Å². The van der Waals surface area contributed by atoms with Gasteiger partial charge in [-0.05, 0) is 82.2 Å². The molecule has 0 radical (unpaired) electrons. The number of hydrogen-bond acceptors (Lipinski definition) is 3. The van der Waals surface area contributed by atoms with Crippen molar-refractivity contribution in [2.75, 3.05) is 11.9 Å². The lowest BCUT2D eigenvalue weighted by Gasteiger charge is -2.16. The normalized spacial score (nSPS) is 10.6.